The Hall–Kier alpha value is -12.3. The van der Waals surface area contributed by atoms with Crippen LogP contribution in [0.1, 0.15) is 11.1 Å². The van der Waals surface area contributed by atoms with Gasteiger partial charge in [0.05, 0.1) is 33.3 Å². The minimum atomic E-state index is -4.76. The second-order valence-corrected chi connectivity index (χ2v) is 23.7. The molecule has 0 radical (unpaired) electrons. The summed E-state index contributed by atoms with van der Waals surface area (Å²) < 4.78 is 53.5. The quantitative estimate of drug-likeness (QED) is 0.102. The van der Waals surface area contributed by atoms with Crippen LogP contribution < -0.4 is 19.6 Å². The lowest BCUT2D eigenvalue weighted by molar-refractivity contribution is -0.137. The Balaban J connectivity index is 0.939. The highest BCUT2D eigenvalue weighted by Gasteiger charge is 2.36. The average Bonchev–Trinajstić information content (AvgIpc) is 1.60. The minimum absolute atomic E-state index is 0.00153. The molecule has 0 aliphatic rings. The van der Waals surface area contributed by atoms with E-state index in [0.29, 0.717) is 16.6 Å². The van der Waals surface area contributed by atoms with E-state index < -0.39 is 11.7 Å². The Morgan fingerprint density at radius 1 is 0.232 bits per heavy atom. The van der Waals surface area contributed by atoms with Crippen LogP contribution in [0.15, 0.2) is 352 Å². The van der Waals surface area contributed by atoms with Crippen LogP contribution in [0.3, 0.4) is 0 Å². The maximum absolute atomic E-state index is 16.4. The summed E-state index contributed by atoms with van der Waals surface area (Å²) in [5.74, 6) is 0. The van der Waals surface area contributed by atoms with Crippen molar-refractivity contribution in [2.75, 3.05) is 19.6 Å². The van der Waals surface area contributed by atoms with Gasteiger partial charge in [0.1, 0.15) is 0 Å². The first kappa shape index (κ1) is 57.8. The zero-order chi connectivity index (χ0) is 64.0. The fourth-order valence-corrected chi connectivity index (χ4v) is 13.6. The second kappa shape index (κ2) is 24.4. The number of aromatic nitrogens is 2. The first-order valence-electron chi connectivity index (χ1n) is 31.8. The number of para-hydroxylation sites is 8. The number of benzene rings is 14. The summed E-state index contributed by atoms with van der Waals surface area (Å²) >= 11 is 0. The molecule has 0 unspecified atom stereocenters. The number of hydrogen-bond acceptors (Lipinski definition) is 4. The molecule has 2 aromatic heterocycles. The Kier molecular flexibility index (Phi) is 14.8. The van der Waals surface area contributed by atoms with Gasteiger partial charge in [-0.05, 0) is 187 Å². The van der Waals surface area contributed by atoms with Gasteiger partial charge in [-0.25, -0.2) is 0 Å². The van der Waals surface area contributed by atoms with E-state index >= 15 is 13.2 Å². The van der Waals surface area contributed by atoms with Crippen molar-refractivity contribution >= 4 is 112 Å². The molecule has 456 valence electrons. The molecule has 9 heteroatoms. The van der Waals surface area contributed by atoms with E-state index in [1.165, 1.54) is 6.07 Å². The molecule has 0 saturated carbocycles. The van der Waals surface area contributed by atoms with Crippen molar-refractivity contribution in [1.29, 1.82) is 0 Å². The first-order chi connectivity index (χ1) is 46.7. The van der Waals surface area contributed by atoms with Crippen LogP contribution in [0, 0.1) is 6.92 Å². The number of alkyl halides is 3. The Bertz CT molecular complexity index is 4980. The highest BCUT2D eigenvalue weighted by molar-refractivity contribution is 6.13. The van der Waals surface area contributed by atoms with Crippen molar-refractivity contribution in [2.45, 2.75) is 13.1 Å². The maximum atomic E-state index is 16.4. The van der Waals surface area contributed by atoms with Gasteiger partial charge in [0.2, 0.25) is 0 Å². The summed E-state index contributed by atoms with van der Waals surface area (Å²) in [6.07, 6.45) is -4.76. The summed E-state index contributed by atoms with van der Waals surface area (Å²) in [5, 5.41) is 3.70. The third-order valence-corrected chi connectivity index (χ3v) is 17.9. The molecule has 0 aliphatic heterocycles. The van der Waals surface area contributed by atoms with Gasteiger partial charge in [-0.15, -0.1) is 0 Å². The maximum Gasteiger partial charge on any atom is 0.418 e. The molecule has 16 aromatic rings. The molecule has 6 nitrogen and oxygen atoms in total. The molecule has 95 heavy (non-hydrogen) atoms. The lowest BCUT2D eigenvalue weighted by atomic mass is 9.99. The van der Waals surface area contributed by atoms with Gasteiger partial charge in [-0.1, -0.05) is 188 Å². The van der Waals surface area contributed by atoms with E-state index in [1.807, 2.05) is 168 Å². The van der Waals surface area contributed by atoms with Crippen LogP contribution in [-0.2, 0) is 6.18 Å². The molecule has 0 saturated heterocycles. The molecule has 0 atom stereocenters. The Labute approximate surface area is 549 Å². The number of rotatable bonds is 15. The van der Waals surface area contributed by atoms with Crippen LogP contribution in [0.5, 0.6) is 0 Å². The Morgan fingerprint density at radius 3 is 0.716 bits per heavy atom. The van der Waals surface area contributed by atoms with E-state index in [0.717, 1.165) is 118 Å². The van der Waals surface area contributed by atoms with Crippen LogP contribution in [0.4, 0.5) is 81.4 Å². The number of anilines is 12. The highest BCUT2D eigenvalue weighted by Crippen LogP contribution is 2.48. The van der Waals surface area contributed by atoms with E-state index in [2.05, 4.69) is 201 Å². The van der Waals surface area contributed by atoms with Crippen molar-refractivity contribution in [3.8, 4) is 22.5 Å². The monoisotopic (exact) mass is 1230 g/mol. The lowest BCUT2D eigenvalue weighted by Gasteiger charge is -2.26. The summed E-state index contributed by atoms with van der Waals surface area (Å²) in [5.41, 5.74) is 16.7. The highest BCUT2D eigenvalue weighted by atomic mass is 19.4. The summed E-state index contributed by atoms with van der Waals surface area (Å²) in [7, 11) is 0. The third kappa shape index (κ3) is 10.7. The van der Waals surface area contributed by atoms with Gasteiger partial charge in [-0.2, -0.15) is 13.2 Å². The number of hydrogen-bond donors (Lipinski definition) is 0. The molecule has 2 heterocycles. The topological polar surface area (TPSA) is 22.8 Å². The predicted molar refractivity (Wildman–Crippen MR) is 389 cm³/mol. The smallest absolute Gasteiger partial charge is 0.310 e. The van der Waals surface area contributed by atoms with Gasteiger partial charge in [0.25, 0.3) is 0 Å². The number of nitrogens with zero attached hydrogens (tertiary/aromatic N) is 6. The molecule has 0 spiro atoms. The van der Waals surface area contributed by atoms with E-state index in [9.17, 15) is 0 Å². The van der Waals surface area contributed by atoms with Gasteiger partial charge in [-0.3, -0.25) is 0 Å². The zero-order valence-electron chi connectivity index (χ0n) is 51.8. The SMILES string of the molecule is Cc1ccc(-c2ccc(C(F)(F)F)c(-n3c4cc(N(c5ccccc5)c5ccccc5)ccc4c4ccc(N(c5ccccc5)c5ccccc5)cc43)c2)cc1-n1c2cc(N(c3ccccc3)c3ccccc3)ccc2c2ccc(N(c3ccccc3)c3ccccc3)cc21. The summed E-state index contributed by atoms with van der Waals surface area (Å²) in [4.78, 5) is 8.84. The van der Waals surface area contributed by atoms with Gasteiger partial charge in [0.15, 0.2) is 0 Å². The van der Waals surface area contributed by atoms with Crippen molar-refractivity contribution in [2.24, 2.45) is 0 Å². The number of halogens is 3. The molecular formula is C86H61F3N6. The summed E-state index contributed by atoms with van der Waals surface area (Å²) in [6, 6.07) is 118. The molecule has 0 bridgehead atoms. The van der Waals surface area contributed by atoms with Crippen molar-refractivity contribution in [3.63, 3.8) is 0 Å². The molecule has 0 N–H and O–H groups in total. The number of aryl methyl sites for hydroxylation is 1. The van der Waals surface area contributed by atoms with Crippen molar-refractivity contribution in [1.82, 2.24) is 9.13 Å². The fraction of sp³-hybridized carbons (Fsp3) is 0.0233. The molecule has 0 aliphatic carbocycles. The molecule has 0 fully saturated rings. The average molecular weight is 1240 g/mol. The number of fused-ring (bicyclic) bond motifs is 6. The van der Waals surface area contributed by atoms with E-state index in [1.54, 1.807) is 12.1 Å². The molecular weight excluding hydrogens is 1170 g/mol. The largest absolute Gasteiger partial charge is 0.418 e. The predicted octanol–water partition coefficient (Wildman–Crippen LogP) is 24.8. The fourth-order valence-electron chi connectivity index (χ4n) is 13.6. The van der Waals surface area contributed by atoms with Crippen LogP contribution >= 0.6 is 0 Å². The molecule has 16 rings (SSSR count). The van der Waals surface area contributed by atoms with Gasteiger partial charge < -0.3 is 28.7 Å². The lowest BCUT2D eigenvalue weighted by Crippen LogP contribution is -2.12. The first-order valence-corrected chi connectivity index (χ1v) is 31.8. The zero-order valence-corrected chi connectivity index (χ0v) is 51.8. The normalized spacial score (nSPS) is 11.6. The minimum Gasteiger partial charge on any atom is -0.310 e. The van der Waals surface area contributed by atoms with E-state index in [-0.39, 0.29) is 5.69 Å². The van der Waals surface area contributed by atoms with Gasteiger partial charge in [0, 0.05) is 95.5 Å². The Morgan fingerprint density at radius 2 is 0.463 bits per heavy atom. The van der Waals surface area contributed by atoms with E-state index in [4.69, 9.17) is 0 Å². The second-order valence-electron chi connectivity index (χ2n) is 23.7. The molecule has 0 amide bonds. The van der Waals surface area contributed by atoms with Gasteiger partial charge >= 0.3 is 6.18 Å². The van der Waals surface area contributed by atoms with Crippen LogP contribution in [0.2, 0.25) is 0 Å². The third-order valence-electron chi connectivity index (χ3n) is 17.9. The van der Waals surface area contributed by atoms with Crippen LogP contribution in [0.25, 0.3) is 66.1 Å². The van der Waals surface area contributed by atoms with Crippen molar-refractivity contribution in [3.05, 3.63) is 363 Å². The summed E-state index contributed by atoms with van der Waals surface area (Å²) in [6.45, 7) is 2.11. The standard InChI is InChI=1S/C86H61F3N6/c1-60-42-43-61(54-80(60)94-81-56-71(90(63-26-10-2-11-27-63)64-28-12-3-13-29-64)45-49-75(81)76-50-46-72(57-82(76)94)91(65-30-14-4-15-31-65)66-32-16-5-17-33-66)62-44-53-79(86(87,88)89)85(55-62)95-83-58-73(92(67-34-18-6-19-35-67)68-36-20-7-21-37-68)47-51-77(83)78-52-48-74(59-84(78)95)93(69-38-22-8-23-39-69)70-40-24-9-25-41-70/h2-59H,1H3. The van der Waals surface area contributed by atoms with Crippen molar-refractivity contribution < 1.29 is 13.2 Å². The van der Waals surface area contributed by atoms with Crippen LogP contribution in [-0.4, -0.2) is 9.13 Å². The molecule has 14 aromatic carbocycles.